The second-order valence-electron chi connectivity index (χ2n) is 5.65. The molecule has 0 radical (unpaired) electrons. The van der Waals surface area contributed by atoms with Crippen molar-refractivity contribution >= 4 is 27.2 Å². The molecule has 2 aromatic carbocycles. The molecular formula is C16H19N3O3S. The van der Waals surface area contributed by atoms with Crippen molar-refractivity contribution in [3.05, 3.63) is 42.5 Å². The van der Waals surface area contributed by atoms with Crippen LogP contribution in [0, 0.1) is 0 Å². The normalized spacial score (nSPS) is 17.2. The number of fused-ring (bicyclic) bond motifs is 1. The smallest absolute Gasteiger partial charge is 0.253 e. The monoisotopic (exact) mass is 333 g/mol. The summed E-state index contributed by atoms with van der Waals surface area (Å²) in [7, 11) is -3.60. The molecule has 0 aromatic heterocycles. The minimum atomic E-state index is -3.60. The van der Waals surface area contributed by atoms with E-state index < -0.39 is 10.0 Å². The summed E-state index contributed by atoms with van der Waals surface area (Å²) < 4.78 is 25.1. The summed E-state index contributed by atoms with van der Waals surface area (Å²) in [6.07, 6.45) is 2.14. The molecule has 1 saturated heterocycles. The maximum Gasteiger partial charge on any atom is 0.253 e. The van der Waals surface area contributed by atoms with Gasteiger partial charge in [0.25, 0.3) is 10.0 Å². The third-order valence-electron chi connectivity index (χ3n) is 4.08. The fourth-order valence-electron chi connectivity index (χ4n) is 2.79. The Morgan fingerprint density at radius 1 is 1.04 bits per heavy atom. The molecule has 0 atom stereocenters. The van der Waals surface area contributed by atoms with Crippen molar-refractivity contribution in [1.82, 2.24) is 15.2 Å². The molecule has 0 aliphatic carbocycles. The van der Waals surface area contributed by atoms with Crippen molar-refractivity contribution < 1.29 is 13.2 Å². The van der Waals surface area contributed by atoms with Crippen LogP contribution in [0.5, 0.6) is 0 Å². The van der Waals surface area contributed by atoms with Gasteiger partial charge in [0, 0.05) is 19.1 Å². The third-order valence-corrected chi connectivity index (χ3v) is 5.45. The van der Waals surface area contributed by atoms with Crippen LogP contribution in [-0.2, 0) is 14.8 Å². The zero-order valence-corrected chi connectivity index (χ0v) is 13.4. The molecule has 23 heavy (non-hydrogen) atoms. The molecule has 1 amide bonds. The molecule has 1 aliphatic heterocycles. The van der Waals surface area contributed by atoms with Crippen LogP contribution in [-0.4, -0.2) is 39.0 Å². The van der Waals surface area contributed by atoms with Gasteiger partial charge in [0.1, 0.15) is 0 Å². The second kappa shape index (κ2) is 6.66. The number of piperidine rings is 1. The van der Waals surface area contributed by atoms with E-state index >= 15 is 0 Å². The molecule has 2 aromatic rings. The van der Waals surface area contributed by atoms with Crippen LogP contribution in [0.1, 0.15) is 12.8 Å². The highest BCUT2D eigenvalue weighted by atomic mass is 32.2. The first-order valence-corrected chi connectivity index (χ1v) is 9.03. The van der Waals surface area contributed by atoms with Gasteiger partial charge in [-0.3, -0.25) is 4.79 Å². The molecule has 1 heterocycles. The molecule has 0 bridgehead atoms. The van der Waals surface area contributed by atoms with Crippen LogP contribution in [0.15, 0.2) is 47.4 Å². The van der Waals surface area contributed by atoms with E-state index in [1.807, 2.05) is 30.3 Å². The minimum Gasteiger partial charge on any atom is -0.356 e. The van der Waals surface area contributed by atoms with E-state index in [9.17, 15) is 13.2 Å². The third kappa shape index (κ3) is 3.69. The molecule has 0 unspecified atom stereocenters. The summed E-state index contributed by atoms with van der Waals surface area (Å²) in [6, 6.07) is 12.9. The zero-order chi connectivity index (χ0) is 16.3. The Morgan fingerprint density at radius 2 is 1.74 bits per heavy atom. The van der Waals surface area contributed by atoms with Gasteiger partial charge in [-0.15, -0.1) is 4.83 Å². The standard InChI is InChI=1S/C16H19N3O3S/c20-12-17-15-7-9-19(10-8-15)18-23(21,22)16-6-5-13-3-1-2-4-14(13)11-16/h1-6,11-12,15,18H,7-10H2,(H,17,20). The number of hydrazine groups is 1. The number of carbonyl (C=O) groups excluding carboxylic acids is 1. The van der Waals surface area contributed by atoms with Crippen LogP contribution >= 0.6 is 0 Å². The molecule has 122 valence electrons. The van der Waals surface area contributed by atoms with E-state index in [2.05, 4.69) is 10.1 Å². The fraction of sp³-hybridized carbons (Fsp3) is 0.312. The lowest BCUT2D eigenvalue weighted by Gasteiger charge is -2.31. The van der Waals surface area contributed by atoms with Crippen molar-refractivity contribution in [3.63, 3.8) is 0 Å². The van der Waals surface area contributed by atoms with Gasteiger partial charge in [0.05, 0.1) is 4.90 Å². The zero-order valence-electron chi connectivity index (χ0n) is 12.6. The van der Waals surface area contributed by atoms with Crippen LogP contribution in [0.2, 0.25) is 0 Å². The average Bonchev–Trinajstić information content (AvgIpc) is 2.56. The molecule has 6 nitrogen and oxygen atoms in total. The van der Waals surface area contributed by atoms with E-state index in [-0.39, 0.29) is 10.9 Å². The number of benzene rings is 2. The predicted molar refractivity (Wildman–Crippen MR) is 88.1 cm³/mol. The Hall–Kier alpha value is -1.96. The number of sulfonamides is 1. The maximum absolute atomic E-state index is 12.5. The highest BCUT2D eigenvalue weighted by Crippen LogP contribution is 2.19. The molecule has 7 heteroatoms. The number of amides is 1. The number of hydrogen-bond acceptors (Lipinski definition) is 4. The van der Waals surface area contributed by atoms with E-state index in [0.717, 1.165) is 23.6 Å². The largest absolute Gasteiger partial charge is 0.356 e. The van der Waals surface area contributed by atoms with Gasteiger partial charge in [-0.2, -0.15) is 0 Å². The van der Waals surface area contributed by atoms with E-state index in [4.69, 9.17) is 0 Å². The molecule has 1 aliphatic rings. The SMILES string of the molecule is O=CNC1CCN(NS(=O)(=O)c2ccc3ccccc3c2)CC1. The summed E-state index contributed by atoms with van der Waals surface area (Å²) in [5.41, 5.74) is 0. The second-order valence-corrected chi connectivity index (χ2v) is 7.31. The maximum atomic E-state index is 12.5. The number of nitrogens with one attached hydrogen (secondary N) is 2. The average molecular weight is 333 g/mol. The summed E-state index contributed by atoms with van der Waals surface area (Å²) in [5.74, 6) is 0. The van der Waals surface area contributed by atoms with Gasteiger partial charge in [0.2, 0.25) is 6.41 Å². The Bertz CT molecular complexity index is 799. The van der Waals surface area contributed by atoms with Crippen molar-refractivity contribution in [2.75, 3.05) is 13.1 Å². The van der Waals surface area contributed by atoms with Crippen molar-refractivity contribution in [2.45, 2.75) is 23.8 Å². The molecule has 3 rings (SSSR count). The number of nitrogens with zero attached hydrogens (tertiary/aromatic N) is 1. The topological polar surface area (TPSA) is 78.5 Å². The minimum absolute atomic E-state index is 0.119. The van der Waals surface area contributed by atoms with Gasteiger partial charge in [0.15, 0.2) is 0 Å². The Labute approximate surface area is 135 Å². The lowest BCUT2D eigenvalue weighted by atomic mass is 10.1. The highest BCUT2D eigenvalue weighted by Gasteiger charge is 2.23. The van der Waals surface area contributed by atoms with E-state index in [0.29, 0.717) is 19.5 Å². The quantitative estimate of drug-likeness (QED) is 0.807. The molecule has 2 N–H and O–H groups in total. The van der Waals surface area contributed by atoms with Crippen LogP contribution in [0.3, 0.4) is 0 Å². The molecular weight excluding hydrogens is 314 g/mol. The van der Waals surface area contributed by atoms with Crippen molar-refractivity contribution in [3.8, 4) is 0 Å². The molecule has 1 fully saturated rings. The summed E-state index contributed by atoms with van der Waals surface area (Å²) in [6.45, 7) is 1.14. The van der Waals surface area contributed by atoms with Crippen LogP contribution in [0.4, 0.5) is 0 Å². The lowest BCUT2D eigenvalue weighted by Crippen LogP contribution is -2.49. The lowest BCUT2D eigenvalue weighted by molar-refractivity contribution is -0.110. The Morgan fingerprint density at radius 3 is 2.43 bits per heavy atom. The predicted octanol–water partition coefficient (Wildman–Crippen LogP) is 1.24. The van der Waals surface area contributed by atoms with Gasteiger partial charge in [-0.1, -0.05) is 30.3 Å². The number of carbonyl (C=O) groups is 1. The first kappa shape index (κ1) is 15.9. The van der Waals surface area contributed by atoms with Gasteiger partial charge < -0.3 is 5.32 Å². The summed E-state index contributed by atoms with van der Waals surface area (Å²) >= 11 is 0. The summed E-state index contributed by atoms with van der Waals surface area (Å²) in [5, 5.41) is 6.32. The van der Waals surface area contributed by atoms with E-state index in [1.165, 1.54) is 0 Å². The molecule has 0 spiro atoms. The van der Waals surface area contributed by atoms with Gasteiger partial charge in [-0.25, -0.2) is 13.4 Å². The van der Waals surface area contributed by atoms with Crippen molar-refractivity contribution in [1.29, 1.82) is 0 Å². The Kier molecular flexibility index (Phi) is 4.61. The number of rotatable bonds is 5. The first-order chi connectivity index (χ1) is 11.1. The van der Waals surface area contributed by atoms with Crippen LogP contribution in [0.25, 0.3) is 10.8 Å². The van der Waals surface area contributed by atoms with Crippen LogP contribution < -0.4 is 10.1 Å². The summed E-state index contributed by atoms with van der Waals surface area (Å²) in [4.78, 5) is 13.3. The fourth-order valence-corrected chi connectivity index (χ4v) is 3.95. The van der Waals surface area contributed by atoms with Gasteiger partial charge >= 0.3 is 0 Å². The highest BCUT2D eigenvalue weighted by molar-refractivity contribution is 7.89. The first-order valence-electron chi connectivity index (χ1n) is 7.54. The Balaban J connectivity index is 1.72. The number of hydrogen-bond donors (Lipinski definition) is 2. The van der Waals surface area contributed by atoms with Gasteiger partial charge in [-0.05, 0) is 35.7 Å². The van der Waals surface area contributed by atoms with Crippen molar-refractivity contribution in [2.24, 2.45) is 0 Å². The van der Waals surface area contributed by atoms with E-state index in [1.54, 1.807) is 17.1 Å². The molecule has 0 saturated carbocycles.